The van der Waals surface area contributed by atoms with Crippen molar-refractivity contribution in [1.29, 1.82) is 0 Å². The molecule has 0 fully saturated rings. The Morgan fingerprint density at radius 3 is 2.23 bits per heavy atom. The minimum atomic E-state index is -0.986. The topological polar surface area (TPSA) is 105 Å². The molecule has 0 aliphatic heterocycles. The van der Waals surface area contributed by atoms with Crippen LogP contribution in [0.2, 0.25) is 0 Å². The number of amides is 3. The van der Waals surface area contributed by atoms with Crippen LogP contribution in [0, 0.1) is 6.92 Å². The van der Waals surface area contributed by atoms with Gasteiger partial charge in [-0.05, 0) is 48.4 Å². The van der Waals surface area contributed by atoms with Gasteiger partial charge in [0.05, 0.1) is 25.6 Å². The van der Waals surface area contributed by atoms with E-state index in [2.05, 4.69) is 10.6 Å². The molecule has 4 aromatic rings. The average molecular weight is 472 g/mol. The predicted octanol–water partition coefficient (Wildman–Crippen LogP) is 4.00. The zero-order valence-corrected chi connectivity index (χ0v) is 19.1. The molecule has 0 saturated heterocycles. The fourth-order valence-electron chi connectivity index (χ4n) is 3.72. The van der Waals surface area contributed by atoms with Crippen LogP contribution in [0.25, 0.3) is 0 Å². The first-order valence-corrected chi connectivity index (χ1v) is 11.1. The summed E-state index contributed by atoms with van der Waals surface area (Å²) in [6.07, 6.45) is 2.91. The molecule has 3 amide bonds. The molecule has 0 bridgehead atoms. The summed E-state index contributed by atoms with van der Waals surface area (Å²) >= 11 is 0. The number of rotatable bonds is 9. The van der Waals surface area contributed by atoms with Gasteiger partial charge in [0.25, 0.3) is 5.91 Å². The average Bonchev–Trinajstić information content (AvgIpc) is 3.60. The molecule has 0 aliphatic carbocycles. The molecule has 0 aliphatic rings. The van der Waals surface area contributed by atoms with Gasteiger partial charge < -0.3 is 19.5 Å². The molecule has 8 heteroatoms. The second kappa shape index (κ2) is 11.0. The fourth-order valence-corrected chi connectivity index (χ4v) is 3.72. The van der Waals surface area contributed by atoms with Crippen LogP contribution in [-0.2, 0) is 16.1 Å². The number of carbonyl (C=O) groups excluding carboxylic acids is 3. The van der Waals surface area contributed by atoms with Crippen LogP contribution in [0.5, 0.6) is 0 Å². The Bertz CT molecular complexity index is 1270. The first-order chi connectivity index (χ1) is 17.0. The van der Waals surface area contributed by atoms with E-state index in [1.54, 1.807) is 54.6 Å². The van der Waals surface area contributed by atoms with E-state index in [0.717, 1.165) is 5.56 Å². The van der Waals surface area contributed by atoms with Crippen molar-refractivity contribution in [2.45, 2.75) is 19.5 Å². The smallest absolute Gasteiger partial charge is 0.287 e. The van der Waals surface area contributed by atoms with Gasteiger partial charge in [-0.25, -0.2) is 0 Å². The highest BCUT2D eigenvalue weighted by atomic mass is 16.3. The molecule has 2 aromatic carbocycles. The molecule has 2 aromatic heterocycles. The molecule has 0 saturated carbocycles. The fraction of sp³-hybridized carbons (Fsp3) is 0.148. The summed E-state index contributed by atoms with van der Waals surface area (Å²) < 4.78 is 10.4. The summed E-state index contributed by atoms with van der Waals surface area (Å²) in [4.78, 5) is 40.9. The predicted molar refractivity (Wildman–Crippen MR) is 129 cm³/mol. The molecule has 8 nitrogen and oxygen atoms in total. The first-order valence-electron chi connectivity index (χ1n) is 11.1. The number of carbonyl (C=O) groups is 3. The molecule has 0 radical (unpaired) electrons. The molecule has 2 heterocycles. The lowest BCUT2D eigenvalue weighted by molar-refractivity contribution is -0.126. The highest BCUT2D eigenvalue weighted by Gasteiger charge is 2.33. The molecule has 0 unspecified atom stereocenters. The van der Waals surface area contributed by atoms with E-state index in [9.17, 15) is 14.4 Å². The molecular formula is C27H25N3O5. The summed E-state index contributed by atoms with van der Waals surface area (Å²) in [5, 5.41) is 5.45. The number of anilines is 1. The Kier molecular flexibility index (Phi) is 7.42. The van der Waals surface area contributed by atoms with E-state index >= 15 is 0 Å². The highest BCUT2D eigenvalue weighted by molar-refractivity contribution is 6.04. The van der Waals surface area contributed by atoms with Crippen molar-refractivity contribution in [3.05, 3.63) is 114 Å². The van der Waals surface area contributed by atoms with E-state index in [1.165, 1.54) is 23.5 Å². The molecular weight excluding hydrogens is 446 g/mol. The SMILES string of the molecule is Cc1ccccc1N(C(=O)CNC(=O)c1ccco1)[C@@H](C(=O)NCc1ccco1)c1ccccc1. The summed E-state index contributed by atoms with van der Waals surface area (Å²) in [5.41, 5.74) is 1.99. The molecule has 2 N–H and O–H groups in total. The second-order valence-electron chi connectivity index (χ2n) is 7.82. The maximum absolute atomic E-state index is 13.6. The Labute approximate surface area is 202 Å². The summed E-state index contributed by atoms with van der Waals surface area (Å²) in [7, 11) is 0. The van der Waals surface area contributed by atoms with Crippen LogP contribution in [-0.4, -0.2) is 24.3 Å². The number of nitrogens with one attached hydrogen (secondary N) is 2. The third-order valence-corrected chi connectivity index (χ3v) is 5.43. The van der Waals surface area contributed by atoms with Crippen LogP contribution in [0.15, 0.2) is 100 Å². The van der Waals surface area contributed by atoms with E-state index in [4.69, 9.17) is 8.83 Å². The highest BCUT2D eigenvalue weighted by Crippen LogP contribution is 2.30. The maximum Gasteiger partial charge on any atom is 0.287 e. The molecule has 35 heavy (non-hydrogen) atoms. The zero-order valence-electron chi connectivity index (χ0n) is 19.1. The van der Waals surface area contributed by atoms with Gasteiger partial charge in [0.1, 0.15) is 11.8 Å². The molecule has 178 valence electrons. The number of aryl methyl sites for hydroxylation is 1. The van der Waals surface area contributed by atoms with E-state index < -0.39 is 17.9 Å². The van der Waals surface area contributed by atoms with Crippen LogP contribution in [0.4, 0.5) is 5.69 Å². The van der Waals surface area contributed by atoms with Gasteiger partial charge in [-0.3, -0.25) is 19.3 Å². The van der Waals surface area contributed by atoms with Crippen LogP contribution < -0.4 is 15.5 Å². The van der Waals surface area contributed by atoms with Crippen molar-refractivity contribution in [1.82, 2.24) is 10.6 Å². The minimum Gasteiger partial charge on any atom is -0.467 e. The van der Waals surface area contributed by atoms with Gasteiger partial charge in [0.15, 0.2) is 5.76 Å². The van der Waals surface area contributed by atoms with Crippen LogP contribution in [0.1, 0.15) is 33.5 Å². The quantitative estimate of drug-likeness (QED) is 0.384. The zero-order chi connectivity index (χ0) is 24.6. The monoisotopic (exact) mass is 471 g/mol. The standard InChI is InChI=1S/C27H25N3O5/c1-19-9-5-6-13-22(19)30(24(31)18-29-26(32)23-14-8-16-35-23)25(20-10-3-2-4-11-20)27(33)28-17-21-12-7-15-34-21/h2-16,25H,17-18H2,1H3,(H,28,33)(H,29,32)/t25-/m1/s1. The van der Waals surface area contributed by atoms with E-state index in [-0.39, 0.29) is 24.8 Å². The van der Waals surface area contributed by atoms with Gasteiger partial charge in [-0.15, -0.1) is 0 Å². The van der Waals surface area contributed by atoms with Crippen molar-refractivity contribution < 1.29 is 23.2 Å². The van der Waals surface area contributed by atoms with Crippen molar-refractivity contribution in [2.24, 2.45) is 0 Å². The summed E-state index contributed by atoms with van der Waals surface area (Å²) in [5.74, 6) is -0.685. The number of para-hydroxylation sites is 1. The third kappa shape index (κ3) is 5.67. The van der Waals surface area contributed by atoms with Crippen molar-refractivity contribution in [3.8, 4) is 0 Å². The van der Waals surface area contributed by atoms with Crippen molar-refractivity contribution in [2.75, 3.05) is 11.4 Å². The Morgan fingerprint density at radius 2 is 1.54 bits per heavy atom. The number of benzene rings is 2. The molecule has 1 atom stereocenters. The minimum absolute atomic E-state index is 0.0936. The number of hydrogen-bond acceptors (Lipinski definition) is 5. The first kappa shape index (κ1) is 23.6. The molecule has 0 spiro atoms. The normalized spacial score (nSPS) is 11.5. The van der Waals surface area contributed by atoms with Gasteiger partial charge in [0, 0.05) is 5.69 Å². The lowest BCUT2D eigenvalue weighted by Crippen LogP contribution is -2.47. The summed E-state index contributed by atoms with van der Waals surface area (Å²) in [6.45, 7) is 1.70. The second-order valence-corrected chi connectivity index (χ2v) is 7.82. The van der Waals surface area contributed by atoms with Crippen LogP contribution >= 0.6 is 0 Å². The third-order valence-electron chi connectivity index (χ3n) is 5.43. The van der Waals surface area contributed by atoms with E-state index in [0.29, 0.717) is 17.0 Å². The van der Waals surface area contributed by atoms with Gasteiger partial charge in [-0.2, -0.15) is 0 Å². The number of hydrogen-bond donors (Lipinski definition) is 2. The van der Waals surface area contributed by atoms with Crippen LogP contribution in [0.3, 0.4) is 0 Å². The number of nitrogens with zero attached hydrogens (tertiary/aromatic N) is 1. The Morgan fingerprint density at radius 1 is 0.829 bits per heavy atom. The largest absolute Gasteiger partial charge is 0.467 e. The van der Waals surface area contributed by atoms with Gasteiger partial charge in [-0.1, -0.05) is 48.5 Å². The lowest BCUT2D eigenvalue weighted by Gasteiger charge is -2.32. The maximum atomic E-state index is 13.6. The number of furan rings is 2. The van der Waals surface area contributed by atoms with Gasteiger partial charge in [0.2, 0.25) is 11.8 Å². The Balaban J connectivity index is 1.66. The summed E-state index contributed by atoms with van der Waals surface area (Å²) in [6, 6.07) is 21.9. The van der Waals surface area contributed by atoms with Gasteiger partial charge >= 0.3 is 0 Å². The van der Waals surface area contributed by atoms with Crippen molar-refractivity contribution >= 4 is 23.4 Å². The van der Waals surface area contributed by atoms with Crippen molar-refractivity contribution in [3.63, 3.8) is 0 Å². The lowest BCUT2D eigenvalue weighted by atomic mass is 10.0. The molecule has 4 rings (SSSR count). The Hall–Kier alpha value is -4.59. The van der Waals surface area contributed by atoms with E-state index in [1.807, 2.05) is 25.1 Å².